The van der Waals surface area contributed by atoms with Gasteiger partial charge in [0.25, 0.3) is 0 Å². The fraction of sp³-hybridized carbons (Fsp3) is 0.0370. The molecule has 0 amide bonds. The van der Waals surface area contributed by atoms with Crippen LogP contribution in [0.2, 0.25) is 0 Å². The van der Waals surface area contributed by atoms with E-state index in [1.807, 2.05) is 48.5 Å². The number of nitrogens with two attached hydrogens (primary N) is 1. The van der Waals surface area contributed by atoms with E-state index in [9.17, 15) is 0 Å². The first-order valence-corrected chi connectivity index (χ1v) is 11.0. The van der Waals surface area contributed by atoms with Crippen molar-refractivity contribution >= 4 is 16.7 Å². The molecule has 2 aromatic carbocycles. The molecule has 0 unspecified atom stereocenters. The standard InChI is InChI=1S/C27H19N7O/c28-25-24-22(32-26(33-25)19-12-20(15-29-14-19)27-34-31-16-35-27)10-9-18(13-21-8-4-5-11-30-21)23(24)17-6-2-1-3-7-17/h1-12,14-16H,13H2,(H2,28,32,33). The second-order valence-electron chi connectivity index (χ2n) is 8.00. The van der Waals surface area contributed by atoms with E-state index < -0.39 is 0 Å². The van der Waals surface area contributed by atoms with Crippen molar-refractivity contribution in [1.82, 2.24) is 30.1 Å². The number of rotatable bonds is 5. The Balaban J connectivity index is 1.52. The van der Waals surface area contributed by atoms with Crippen molar-refractivity contribution in [2.24, 2.45) is 0 Å². The van der Waals surface area contributed by atoms with Crippen molar-refractivity contribution in [2.45, 2.75) is 6.42 Å². The summed E-state index contributed by atoms with van der Waals surface area (Å²) in [5, 5.41) is 8.50. The molecule has 35 heavy (non-hydrogen) atoms. The van der Waals surface area contributed by atoms with Gasteiger partial charge in [0.15, 0.2) is 5.82 Å². The second-order valence-corrected chi connectivity index (χ2v) is 8.00. The smallest absolute Gasteiger partial charge is 0.249 e. The molecule has 0 atom stereocenters. The molecule has 8 nitrogen and oxygen atoms in total. The molecule has 0 saturated carbocycles. The van der Waals surface area contributed by atoms with Crippen LogP contribution in [0.4, 0.5) is 5.82 Å². The second kappa shape index (κ2) is 8.75. The van der Waals surface area contributed by atoms with Gasteiger partial charge in [0.2, 0.25) is 12.3 Å². The Bertz CT molecular complexity index is 1620. The Morgan fingerprint density at radius 3 is 2.49 bits per heavy atom. The number of hydrogen-bond donors (Lipinski definition) is 1. The molecule has 6 aromatic rings. The number of pyridine rings is 2. The lowest BCUT2D eigenvalue weighted by molar-refractivity contribution is 0.568. The first-order chi connectivity index (χ1) is 17.3. The first-order valence-electron chi connectivity index (χ1n) is 11.0. The Kier molecular flexibility index (Phi) is 5.16. The van der Waals surface area contributed by atoms with E-state index in [-0.39, 0.29) is 0 Å². The van der Waals surface area contributed by atoms with Crippen LogP contribution >= 0.6 is 0 Å². The summed E-state index contributed by atoms with van der Waals surface area (Å²) in [6, 6.07) is 22.0. The lowest BCUT2D eigenvalue weighted by Gasteiger charge is -2.15. The molecular weight excluding hydrogens is 438 g/mol. The lowest BCUT2D eigenvalue weighted by Crippen LogP contribution is -2.02. The summed E-state index contributed by atoms with van der Waals surface area (Å²) in [5.74, 6) is 1.24. The average molecular weight is 457 g/mol. The summed E-state index contributed by atoms with van der Waals surface area (Å²) in [6.07, 6.45) is 7.09. The quantitative estimate of drug-likeness (QED) is 0.385. The third kappa shape index (κ3) is 3.97. The van der Waals surface area contributed by atoms with Gasteiger partial charge in [0.1, 0.15) is 5.82 Å². The molecule has 0 fully saturated rings. The summed E-state index contributed by atoms with van der Waals surface area (Å²) in [5.41, 5.74) is 12.9. The fourth-order valence-electron chi connectivity index (χ4n) is 4.18. The number of benzene rings is 2. The third-order valence-corrected chi connectivity index (χ3v) is 5.74. The highest BCUT2D eigenvalue weighted by atomic mass is 16.4. The molecule has 0 bridgehead atoms. The Labute approximate surface area is 200 Å². The van der Waals surface area contributed by atoms with Crippen molar-refractivity contribution in [3.8, 4) is 34.0 Å². The highest BCUT2D eigenvalue weighted by Crippen LogP contribution is 2.36. The van der Waals surface area contributed by atoms with E-state index in [4.69, 9.17) is 15.1 Å². The Morgan fingerprint density at radius 2 is 1.69 bits per heavy atom. The van der Waals surface area contributed by atoms with Gasteiger partial charge in [-0.15, -0.1) is 10.2 Å². The predicted molar refractivity (Wildman–Crippen MR) is 133 cm³/mol. The van der Waals surface area contributed by atoms with Gasteiger partial charge >= 0.3 is 0 Å². The molecular formula is C27H19N7O. The maximum atomic E-state index is 6.60. The number of hydrogen-bond acceptors (Lipinski definition) is 8. The molecule has 4 heterocycles. The van der Waals surface area contributed by atoms with Crippen LogP contribution in [-0.4, -0.2) is 30.1 Å². The van der Waals surface area contributed by atoms with Gasteiger partial charge in [-0.05, 0) is 41.0 Å². The molecule has 168 valence electrons. The largest absolute Gasteiger partial charge is 0.423 e. The molecule has 0 aliphatic heterocycles. The highest BCUT2D eigenvalue weighted by molar-refractivity contribution is 6.03. The van der Waals surface area contributed by atoms with Crippen molar-refractivity contribution in [3.05, 3.63) is 103 Å². The van der Waals surface area contributed by atoms with Crippen LogP contribution in [0.3, 0.4) is 0 Å². The molecule has 8 heteroatoms. The van der Waals surface area contributed by atoms with Gasteiger partial charge in [-0.2, -0.15) is 0 Å². The number of anilines is 1. The maximum Gasteiger partial charge on any atom is 0.249 e. The van der Waals surface area contributed by atoms with E-state index >= 15 is 0 Å². The van der Waals surface area contributed by atoms with Crippen LogP contribution in [0, 0.1) is 0 Å². The Hall–Kier alpha value is -4.98. The van der Waals surface area contributed by atoms with Gasteiger partial charge in [-0.3, -0.25) is 9.97 Å². The Morgan fingerprint density at radius 1 is 0.829 bits per heavy atom. The summed E-state index contributed by atoms with van der Waals surface area (Å²) >= 11 is 0. The zero-order chi connectivity index (χ0) is 23.6. The summed E-state index contributed by atoms with van der Waals surface area (Å²) in [6.45, 7) is 0. The van der Waals surface area contributed by atoms with Crippen molar-refractivity contribution in [1.29, 1.82) is 0 Å². The number of nitrogens with zero attached hydrogens (tertiary/aromatic N) is 6. The van der Waals surface area contributed by atoms with Gasteiger partial charge in [-0.1, -0.05) is 42.5 Å². The van der Waals surface area contributed by atoms with Crippen LogP contribution < -0.4 is 5.73 Å². The molecule has 0 aliphatic carbocycles. The summed E-state index contributed by atoms with van der Waals surface area (Å²) < 4.78 is 5.30. The zero-order valence-electron chi connectivity index (χ0n) is 18.5. The zero-order valence-corrected chi connectivity index (χ0v) is 18.5. The van der Waals surface area contributed by atoms with Crippen LogP contribution in [0.5, 0.6) is 0 Å². The van der Waals surface area contributed by atoms with Gasteiger partial charge in [-0.25, -0.2) is 9.97 Å². The van der Waals surface area contributed by atoms with Crippen molar-refractivity contribution in [2.75, 3.05) is 5.73 Å². The lowest BCUT2D eigenvalue weighted by atomic mass is 9.92. The van der Waals surface area contributed by atoms with Gasteiger partial charge in [0, 0.05) is 36.3 Å². The normalized spacial score (nSPS) is 11.1. The van der Waals surface area contributed by atoms with Gasteiger partial charge in [0.05, 0.1) is 16.5 Å². The number of aromatic nitrogens is 6. The molecule has 0 radical (unpaired) electrons. The van der Waals surface area contributed by atoms with Crippen LogP contribution in [-0.2, 0) is 6.42 Å². The average Bonchev–Trinajstić information content (AvgIpc) is 3.45. The van der Waals surface area contributed by atoms with E-state index in [2.05, 4.69) is 43.3 Å². The van der Waals surface area contributed by atoms with Gasteiger partial charge < -0.3 is 10.2 Å². The van der Waals surface area contributed by atoms with Crippen LogP contribution in [0.15, 0.2) is 96.1 Å². The topological polar surface area (TPSA) is 116 Å². The van der Waals surface area contributed by atoms with E-state index in [0.29, 0.717) is 35.1 Å². The first kappa shape index (κ1) is 20.6. The predicted octanol–water partition coefficient (Wildman–Crippen LogP) is 4.98. The molecule has 2 N–H and O–H groups in total. The third-order valence-electron chi connectivity index (χ3n) is 5.74. The number of nitrogen functional groups attached to an aromatic ring is 1. The van der Waals surface area contributed by atoms with Crippen molar-refractivity contribution < 1.29 is 4.42 Å². The highest BCUT2D eigenvalue weighted by Gasteiger charge is 2.17. The summed E-state index contributed by atoms with van der Waals surface area (Å²) in [4.78, 5) is 18.3. The summed E-state index contributed by atoms with van der Waals surface area (Å²) in [7, 11) is 0. The molecule has 0 aliphatic rings. The van der Waals surface area contributed by atoms with Crippen molar-refractivity contribution in [3.63, 3.8) is 0 Å². The molecule has 0 spiro atoms. The monoisotopic (exact) mass is 457 g/mol. The van der Waals surface area contributed by atoms with E-state index in [1.54, 1.807) is 18.6 Å². The maximum absolute atomic E-state index is 6.60. The minimum Gasteiger partial charge on any atom is -0.423 e. The minimum atomic E-state index is 0.374. The van der Waals surface area contributed by atoms with E-state index in [1.165, 1.54) is 6.39 Å². The molecule has 0 saturated heterocycles. The van der Waals surface area contributed by atoms with Crippen LogP contribution in [0.1, 0.15) is 11.3 Å². The molecule has 6 rings (SSSR count). The van der Waals surface area contributed by atoms with E-state index in [0.717, 1.165) is 33.3 Å². The fourth-order valence-corrected chi connectivity index (χ4v) is 4.18. The number of fused-ring (bicyclic) bond motifs is 1. The molecule has 4 aromatic heterocycles. The minimum absolute atomic E-state index is 0.374. The SMILES string of the molecule is Nc1nc(-c2cncc(-c3nnco3)c2)nc2ccc(Cc3ccccn3)c(-c3ccccc3)c12. The van der Waals surface area contributed by atoms with Crippen LogP contribution in [0.25, 0.3) is 44.9 Å².